The molecule has 0 atom stereocenters. The van der Waals surface area contributed by atoms with Crippen LogP contribution < -0.4 is 10.2 Å². The highest BCUT2D eigenvalue weighted by Crippen LogP contribution is 2.38. The smallest absolute Gasteiger partial charge is 0.468 e. The number of hydrogen-bond acceptors (Lipinski definition) is 5. The summed E-state index contributed by atoms with van der Waals surface area (Å²) in [6, 6.07) is 7.93. The maximum absolute atomic E-state index is 12.6. The van der Waals surface area contributed by atoms with Gasteiger partial charge in [0.15, 0.2) is 12.6 Å². The molecular formula is C21H25BO5. The second-order valence-corrected chi connectivity index (χ2v) is 8.27. The van der Waals surface area contributed by atoms with Gasteiger partial charge in [0.2, 0.25) is 0 Å². The van der Waals surface area contributed by atoms with Crippen molar-refractivity contribution in [3.05, 3.63) is 35.4 Å². The fourth-order valence-corrected chi connectivity index (χ4v) is 3.78. The minimum absolute atomic E-state index is 0.151. The summed E-state index contributed by atoms with van der Waals surface area (Å²) >= 11 is 0. The molecule has 5 nitrogen and oxygen atoms in total. The second-order valence-electron chi connectivity index (χ2n) is 8.27. The van der Waals surface area contributed by atoms with E-state index >= 15 is 0 Å². The van der Waals surface area contributed by atoms with Gasteiger partial charge in [-0.3, -0.25) is 4.79 Å². The van der Waals surface area contributed by atoms with Gasteiger partial charge in [-0.2, -0.15) is 0 Å². The molecule has 2 aliphatic rings. The lowest BCUT2D eigenvalue weighted by Crippen LogP contribution is -2.41. The van der Waals surface area contributed by atoms with Gasteiger partial charge in [-0.1, -0.05) is 12.1 Å². The largest absolute Gasteiger partial charge is 0.495 e. The van der Waals surface area contributed by atoms with Crippen LogP contribution in [0.15, 0.2) is 24.3 Å². The van der Waals surface area contributed by atoms with E-state index in [4.69, 9.17) is 18.8 Å². The minimum atomic E-state index is -0.566. The van der Waals surface area contributed by atoms with E-state index in [-0.39, 0.29) is 12.6 Å². The zero-order valence-electron chi connectivity index (χ0n) is 16.5. The molecule has 142 valence electrons. The van der Waals surface area contributed by atoms with Crippen molar-refractivity contribution in [3.63, 3.8) is 0 Å². The Morgan fingerprint density at radius 3 is 2.44 bits per heavy atom. The van der Waals surface area contributed by atoms with Crippen LogP contribution >= 0.6 is 0 Å². The predicted octanol–water partition coefficient (Wildman–Crippen LogP) is 3.25. The number of ketones is 1. The standard InChI is InChI=1S/C21H25BO5/c1-20(2)21(3,4)27-22(26-20)16-11-15(25-12-24-5)10-14-7-6-13-8-9-17(23)19(13)18(14)16/h6-7,10-11H,8-9,12H2,1-5H3. The molecule has 0 bridgehead atoms. The quantitative estimate of drug-likeness (QED) is 0.613. The van der Waals surface area contributed by atoms with Gasteiger partial charge >= 0.3 is 7.12 Å². The summed E-state index contributed by atoms with van der Waals surface area (Å²) in [5.41, 5.74) is 1.81. The van der Waals surface area contributed by atoms with Gasteiger partial charge in [-0.15, -0.1) is 0 Å². The van der Waals surface area contributed by atoms with E-state index in [1.165, 1.54) is 0 Å². The number of aryl methyl sites for hydroxylation is 1. The van der Waals surface area contributed by atoms with Crippen LogP contribution in [-0.4, -0.2) is 38.0 Å². The molecule has 27 heavy (non-hydrogen) atoms. The van der Waals surface area contributed by atoms with Crippen molar-refractivity contribution in [2.75, 3.05) is 13.9 Å². The Bertz CT molecular complexity index is 902. The first-order valence-corrected chi connectivity index (χ1v) is 9.33. The summed E-state index contributed by atoms with van der Waals surface area (Å²) in [7, 11) is 1.02. The van der Waals surface area contributed by atoms with E-state index in [2.05, 4.69) is 0 Å². The normalized spacial score (nSPS) is 20.3. The fraction of sp³-hybridized carbons (Fsp3) is 0.476. The van der Waals surface area contributed by atoms with E-state index in [1.54, 1.807) is 7.11 Å². The number of rotatable bonds is 4. The van der Waals surface area contributed by atoms with Crippen LogP contribution in [0.3, 0.4) is 0 Å². The summed E-state index contributed by atoms with van der Waals surface area (Å²) in [4.78, 5) is 12.6. The van der Waals surface area contributed by atoms with Crippen molar-refractivity contribution in [1.29, 1.82) is 0 Å². The summed E-state index contributed by atoms with van der Waals surface area (Å²) < 4.78 is 23.3. The van der Waals surface area contributed by atoms with E-state index in [0.717, 1.165) is 33.8 Å². The molecule has 0 saturated carbocycles. The number of carbonyl (C=O) groups is 1. The minimum Gasteiger partial charge on any atom is -0.468 e. The zero-order chi connectivity index (χ0) is 19.4. The highest BCUT2D eigenvalue weighted by atomic mass is 16.7. The maximum atomic E-state index is 12.6. The molecule has 1 fully saturated rings. The van der Waals surface area contributed by atoms with Gasteiger partial charge in [-0.05, 0) is 68.0 Å². The van der Waals surface area contributed by atoms with Crippen LogP contribution in [0.25, 0.3) is 10.8 Å². The lowest BCUT2D eigenvalue weighted by Gasteiger charge is -2.32. The molecule has 6 heteroatoms. The molecule has 0 aromatic heterocycles. The molecule has 0 spiro atoms. The molecule has 0 unspecified atom stereocenters. The molecule has 4 rings (SSSR count). The Kier molecular flexibility index (Phi) is 4.33. The topological polar surface area (TPSA) is 54.0 Å². The van der Waals surface area contributed by atoms with Gasteiger partial charge in [0.05, 0.1) is 11.2 Å². The summed E-state index contributed by atoms with van der Waals surface area (Å²) in [5.74, 6) is 0.846. The van der Waals surface area contributed by atoms with Crippen molar-refractivity contribution in [1.82, 2.24) is 0 Å². The highest BCUT2D eigenvalue weighted by molar-refractivity contribution is 6.65. The van der Waals surface area contributed by atoms with Gasteiger partial charge in [-0.25, -0.2) is 0 Å². The van der Waals surface area contributed by atoms with Gasteiger partial charge < -0.3 is 18.8 Å². The second kappa shape index (κ2) is 6.33. The third-order valence-corrected chi connectivity index (χ3v) is 5.96. The number of methoxy groups -OCH3 is 1. The molecule has 2 aromatic carbocycles. The molecule has 1 aliphatic carbocycles. The maximum Gasteiger partial charge on any atom is 0.495 e. The Morgan fingerprint density at radius 2 is 1.78 bits per heavy atom. The lowest BCUT2D eigenvalue weighted by molar-refractivity contribution is 0.00578. The van der Waals surface area contributed by atoms with Crippen molar-refractivity contribution in [3.8, 4) is 5.75 Å². The third kappa shape index (κ3) is 2.96. The number of benzene rings is 2. The molecular weight excluding hydrogens is 343 g/mol. The number of Topliss-reactive ketones (excluding diaryl/α,β-unsaturated/α-hetero) is 1. The van der Waals surface area contributed by atoms with E-state index in [0.29, 0.717) is 12.2 Å². The monoisotopic (exact) mass is 368 g/mol. The average molecular weight is 368 g/mol. The van der Waals surface area contributed by atoms with Crippen LogP contribution in [0.1, 0.15) is 50.0 Å². The average Bonchev–Trinajstić information content (AvgIpc) is 3.08. The molecule has 2 aromatic rings. The van der Waals surface area contributed by atoms with Gasteiger partial charge in [0, 0.05) is 19.1 Å². The molecule has 1 heterocycles. The van der Waals surface area contributed by atoms with Crippen molar-refractivity contribution in [2.45, 2.75) is 51.7 Å². The molecule has 0 amide bonds. The van der Waals surface area contributed by atoms with E-state index < -0.39 is 18.3 Å². The lowest BCUT2D eigenvalue weighted by atomic mass is 9.74. The number of ether oxygens (including phenoxy) is 2. The number of carbonyl (C=O) groups excluding carboxylic acids is 1. The van der Waals surface area contributed by atoms with Crippen LogP contribution in [0.2, 0.25) is 0 Å². The third-order valence-electron chi connectivity index (χ3n) is 5.96. The first-order chi connectivity index (χ1) is 12.7. The fourth-order valence-electron chi connectivity index (χ4n) is 3.78. The van der Waals surface area contributed by atoms with E-state index in [1.807, 2.05) is 52.0 Å². The molecule has 0 radical (unpaired) electrons. The van der Waals surface area contributed by atoms with E-state index in [9.17, 15) is 4.79 Å². The summed E-state index contributed by atoms with van der Waals surface area (Å²) in [6.07, 6.45) is 1.34. The first kappa shape index (κ1) is 18.5. The molecule has 1 aliphatic heterocycles. The van der Waals surface area contributed by atoms with Crippen LogP contribution in [0.4, 0.5) is 0 Å². The molecule has 0 N–H and O–H groups in total. The first-order valence-electron chi connectivity index (χ1n) is 9.33. The Balaban J connectivity index is 1.92. The zero-order valence-corrected chi connectivity index (χ0v) is 16.5. The Labute approximate surface area is 160 Å². The summed E-state index contributed by atoms with van der Waals surface area (Å²) in [6.45, 7) is 8.25. The van der Waals surface area contributed by atoms with Gasteiger partial charge in [0.25, 0.3) is 0 Å². The van der Waals surface area contributed by atoms with Crippen molar-refractivity contribution in [2.24, 2.45) is 0 Å². The molecule has 1 saturated heterocycles. The van der Waals surface area contributed by atoms with Gasteiger partial charge in [0.1, 0.15) is 5.75 Å². The van der Waals surface area contributed by atoms with Crippen LogP contribution in [-0.2, 0) is 20.5 Å². The van der Waals surface area contributed by atoms with Crippen LogP contribution in [0, 0.1) is 0 Å². The van der Waals surface area contributed by atoms with Crippen molar-refractivity contribution >= 4 is 29.1 Å². The Morgan fingerprint density at radius 1 is 1.07 bits per heavy atom. The van der Waals surface area contributed by atoms with Crippen molar-refractivity contribution < 1.29 is 23.6 Å². The SMILES string of the molecule is COCOc1cc(B2OC(C)(C)C(C)(C)O2)c2c3c(ccc2c1)CCC3=O. The van der Waals surface area contributed by atoms with Crippen LogP contribution in [0.5, 0.6) is 5.75 Å². The predicted molar refractivity (Wildman–Crippen MR) is 105 cm³/mol. The highest BCUT2D eigenvalue weighted by Gasteiger charge is 2.52. The number of fused-ring (bicyclic) bond motifs is 3. The Hall–Kier alpha value is -1.89. The summed E-state index contributed by atoms with van der Waals surface area (Å²) in [5, 5.41) is 1.86. The number of hydrogen-bond donors (Lipinski definition) is 0.